The first-order valence-corrected chi connectivity index (χ1v) is 6.04. The van der Waals surface area contributed by atoms with Crippen molar-refractivity contribution in [2.75, 3.05) is 5.75 Å². The molecule has 1 aliphatic rings. The lowest BCUT2D eigenvalue weighted by atomic mass is 10.1. The maximum atomic E-state index is 11.5. The molecule has 1 unspecified atom stereocenters. The lowest BCUT2D eigenvalue weighted by Crippen LogP contribution is -2.46. The average molecular weight is 216 g/mol. The van der Waals surface area contributed by atoms with Gasteiger partial charge in [0.2, 0.25) is 5.91 Å². The van der Waals surface area contributed by atoms with Crippen molar-refractivity contribution in [3.8, 4) is 0 Å². The van der Waals surface area contributed by atoms with E-state index in [2.05, 4.69) is 17.9 Å². The Morgan fingerprint density at radius 2 is 1.93 bits per heavy atom. The second kappa shape index (κ2) is 6.30. The van der Waals surface area contributed by atoms with Gasteiger partial charge in [0, 0.05) is 11.8 Å². The van der Waals surface area contributed by atoms with Crippen LogP contribution in [0.15, 0.2) is 0 Å². The SMILES string of the molecule is NC(CS)C(=O)NC1CCCCCC1. The Morgan fingerprint density at radius 3 is 2.43 bits per heavy atom. The maximum Gasteiger partial charge on any atom is 0.237 e. The summed E-state index contributed by atoms with van der Waals surface area (Å²) >= 11 is 4.01. The highest BCUT2D eigenvalue weighted by molar-refractivity contribution is 7.80. The summed E-state index contributed by atoms with van der Waals surface area (Å²) in [6.07, 6.45) is 7.24. The lowest BCUT2D eigenvalue weighted by molar-refractivity contribution is -0.122. The molecule has 3 nitrogen and oxygen atoms in total. The Labute approximate surface area is 91.2 Å². The molecule has 1 rings (SSSR count). The van der Waals surface area contributed by atoms with Crippen LogP contribution in [-0.4, -0.2) is 23.7 Å². The quantitative estimate of drug-likeness (QED) is 0.488. The van der Waals surface area contributed by atoms with Crippen LogP contribution in [0.5, 0.6) is 0 Å². The maximum absolute atomic E-state index is 11.5. The Morgan fingerprint density at radius 1 is 1.36 bits per heavy atom. The van der Waals surface area contributed by atoms with Crippen molar-refractivity contribution in [2.45, 2.75) is 50.6 Å². The van der Waals surface area contributed by atoms with Gasteiger partial charge in [-0.1, -0.05) is 25.7 Å². The van der Waals surface area contributed by atoms with Gasteiger partial charge in [0.1, 0.15) is 0 Å². The summed E-state index contributed by atoms with van der Waals surface area (Å²) in [6, 6.07) is -0.113. The summed E-state index contributed by atoms with van der Waals surface area (Å²) < 4.78 is 0. The first-order valence-electron chi connectivity index (χ1n) is 5.41. The molecule has 0 aromatic carbocycles. The van der Waals surface area contributed by atoms with Gasteiger partial charge in [-0.25, -0.2) is 0 Å². The van der Waals surface area contributed by atoms with E-state index in [9.17, 15) is 4.79 Å². The number of nitrogens with one attached hydrogen (secondary N) is 1. The lowest BCUT2D eigenvalue weighted by Gasteiger charge is -2.18. The summed E-state index contributed by atoms with van der Waals surface area (Å²) in [6.45, 7) is 0. The van der Waals surface area contributed by atoms with E-state index in [1.807, 2.05) is 0 Å². The number of amides is 1. The van der Waals surface area contributed by atoms with Crippen molar-refractivity contribution in [3.63, 3.8) is 0 Å². The number of rotatable bonds is 3. The molecule has 0 spiro atoms. The molecule has 1 amide bonds. The first kappa shape index (κ1) is 11.9. The summed E-state index contributed by atoms with van der Waals surface area (Å²) in [7, 11) is 0. The fourth-order valence-corrected chi connectivity index (χ4v) is 1.98. The van der Waals surface area contributed by atoms with Gasteiger partial charge in [0.05, 0.1) is 6.04 Å². The molecule has 1 fully saturated rings. The third-order valence-electron chi connectivity index (χ3n) is 2.74. The molecule has 0 heterocycles. The van der Waals surface area contributed by atoms with E-state index in [4.69, 9.17) is 5.73 Å². The molecule has 0 saturated heterocycles. The second-order valence-electron chi connectivity index (χ2n) is 3.99. The topological polar surface area (TPSA) is 55.1 Å². The molecule has 1 atom stereocenters. The summed E-state index contributed by atoms with van der Waals surface area (Å²) in [4.78, 5) is 11.5. The highest BCUT2D eigenvalue weighted by Gasteiger charge is 2.17. The van der Waals surface area contributed by atoms with Crippen LogP contribution in [0.2, 0.25) is 0 Å². The fourth-order valence-electron chi connectivity index (χ4n) is 1.81. The van der Waals surface area contributed by atoms with Crippen LogP contribution in [0.25, 0.3) is 0 Å². The predicted octanol–water partition coefficient (Wildman–Crippen LogP) is 1.08. The third kappa shape index (κ3) is 3.88. The zero-order valence-electron chi connectivity index (χ0n) is 8.54. The standard InChI is InChI=1S/C10H20N2OS/c11-9(7-14)10(13)12-8-5-3-1-2-4-6-8/h8-9,14H,1-7,11H2,(H,12,13). The number of thiol groups is 1. The van der Waals surface area contributed by atoms with Gasteiger partial charge in [-0.15, -0.1) is 0 Å². The Bertz CT molecular complexity index is 179. The summed E-state index contributed by atoms with van der Waals surface area (Å²) in [5.74, 6) is 0.366. The normalized spacial score (nSPS) is 21.3. The van der Waals surface area contributed by atoms with Crippen LogP contribution >= 0.6 is 12.6 Å². The van der Waals surface area contributed by atoms with E-state index < -0.39 is 6.04 Å². The zero-order chi connectivity index (χ0) is 10.4. The Kier molecular flexibility index (Phi) is 5.33. The van der Waals surface area contributed by atoms with Crippen molar-refractivity contribution < 1.29 is 4.79 Å². The molecule has 0 aromatic heterocycles. The smallest absolute Gasteiger partial charge is 0.237 e. The molecule has 82 valence electrons. The minimum absolute atomic E-state index is 0.0492. The Hall–Kier alpha value is -0.220. The van der Waals surface area contributed by atoms with Gasteiger partial charge in [-0.05, 0) is 12.8 Å². The predicted molar refractivity (Wildman–Crippen MR) is 61.5 cm³/mol. The number of carbonyl (C=O) groups excluding carboxylic acids is 1. The van der Waals surface area contributed by atoms with Gasteiger partial charge in [-0.2, -0.15) is 12.6 Å². The number of hydrogen-bond acceptors (Lipinski definition) is 3. The van der Waals surface area contributed by atoms with Crippen LogP contribution in [0, 0.1) is 0 Å². The highest BCUT2D eigenvalue weighted by atomic mass is 32.1. The van der Waals surface area contributed by atoms with Crippen LogP contribution < -0.4 is 11.1 Å². The molecular weight excluding hydrogens is 196 g/mol. The first-order chi connectivity index (χ1) is 6.74. The summed E-state index contributed by atoms with van der Waals surface area (Å²) in [5, 5.41) is 3.00. The minimum atomic E-state index is -0.457. The minimum Gasteiger partial charge on any atom is -0.352 e. The van der Waals surface area contributed by atoms with E-state index in [1.165, 1.54) is 25.7 Å². The van der Waals surface area contributed by atoms with Crippen molar-refractivity contribution in [1.29, 1.82) is 0 Å². The Balaban J connectivity index is 2.30. The number of carbonyl (C=O) groups is 1. The van der Waals surface area contributed by atoms with Gasteiger partial charge in [-0.3, -0.25) is 4.79 Å². The zero-order valence-corrected chi connectivity index (χ0v) is 9.43. The van der Waals surface area contributed by atoms with Crippen LogP contribution in [0.1, 0.15) is 38.5 Å². The largest absolute Gasteiger partial charge is 0.352 e. The van der Waals surface area contributed by atoms with Crippen LogP contribution in [-0.2, 0) is 4.79 Å². The monoisotopic (exact) mass is 216 g/mol. The molecule has 0 aromatic rings. The fraction of sp³-hybridized carbons (Fsp3) is 0.900. The van der Waals surface area contributed by atoms with Gasteiger partial charge in [0.15, 0.2) is 0 Å². The second-order valence-corrected chi connectivity index (χ2v) is 4.35. The van der Waals surface area contributed by atoms with E-state index in [0.29, 0.717) is 11.8 Å². The third-order valence-corrected chi connectivity index (χ3v) is 3.13. The molecule has 1 aliphatic carbocycles. The van der Waals surface area contributed by atoms with Gasteiger partial charge in [0.25, 0.3) is 0 Å². The van der Waals surface area contributed by atoms with Gasteiger partial charge < -0.3 is 11.1 Å². The molecule has 3 N–H and O–H groups in total. The highest BCUT2D eigenvalue weighted by Crippen LogP contribution is 2.17. The molecule has 1 saturated carbocycles. The van der Waals surface area contributed by atoms with E-state index in [1.54, 1.807) is 0 Å². The average Bonchev–Trinajstić information content (AvgIpc) is 2.45. The number of nitrogens with two attached hydrogens (primary N) is 1. The van der Waals surface area contributed by atoms with Gasteiger partial charge >= 0.3 is 0 Å². The molecule has 0 aliphatic heterocycles. The van der Waals surface area contributed by atoms with Crippen molar-refractivity contribution in [3.05, 3.63) is 0 Å². The van der Waals surface area contributed by atoms with E-state index in [-0.39, 0.29) is 5.91 Å². The van der Waals surface area contributed by atoms with Crippen molar-refractivity contribution in [2.24, 2.45) is 5.73 Å². The van der Waals surface area contributed by atoms with E-state index in [0.717, 1.165) is 12.8 Å². The van der Waals surface area contributed by atoms with Crippen molar-refractivity contribution in [1.82, 2.24) is 5.32 Å². The summed E-state index contributed by atoms with van der Waals surface area (Å²) in [5.41, 5.74) is 5.58. The van der Waals surface area contributed by atoms with Crippen LogP contribution in [0.3, 0.4) is 0 Å². The molecule has 0 bridgehead atoms. The van der Waals surface area contributed by atoms with Crippen LogP contribution in [0.4, 0.5) is 0 Å². The molecular formula is C10H20N2OS. The molecule has 14 heavy (non-hydrogen) atoms. The molecule has 4 heteroatoms. The van der Waals surface area contributed by atoms with Crippen molar-refractivity contribution >= 4 is 18.5 Å². The molecule has 0 radical (unpaired) electrons. The number of hydrogen-bond donors (Lipinski definition) is 3. The van der Waals surface area contributed by atoms with E-state index >= 15 is 0 Å².